The van der Waals surface area contributed by atoms with E-state index < -0.39 is 10.9 Å². The van der Waals surface area contributed by atoms with Crippen molar-refractivity contribution in [2.75, 3.05) is 25.1 Å². The van der Waals surface area contributed by atoms with Gasteiger partial charge in [0.25, 0.3) is 5.69 Å². The third-order valence-electron chi connectivity index (χ3n) is 3.73. The van der Waals surface area contributed by atoms with Crippen LogP contribution in [0.4, 0.5) is 11.4 Å². The number of carbonyl (C=O) groups excluding carboxylic acids is 1. The van der Waals surface area contributed by atoms with Crippen LogP contribution in [0.1, 0.15) is 30.1 Å². The van der Waals surface area contributed by atoms with E-state index in [0.29, 0.717) is 5.92 Å². The van der Waals surface area contributed by atoms with Gasteiger partial charge in [0, 0.05) is 24.8 Å². The van der Waals surface area contributed by atoms with Crippen LogP contribution in [0.15, 0.2) is 18.2 Å². The van der Waals surface area contributed by atoms with E-state index in [2.05, 4.69) is 16.6 Å². The van der Waals surface area contributed by atoms with E-state index in [0.717, 1.165) is 31.6 Å². The third-order valence-corrected chi connectivity index (χ3v) is 3.73. The summed E-state index contributed by atoms with van der Waals surface area (Å²) < 4.78 is 4.62. The molecule has 108 valence electrons. The van der Waals surface area contributed by atoms with Crippen LogP contribution < -0.4 is 4.90 Å². The SMILES string of the molecule is COC(=O)c1cc(N2CCC(C)CC2)ccc1[N+](=O)[O-]. The average Bonchev–Trinajstić information content (AvgIpc) is 2.46. The standard InChI is InChI=1S/C14H18N2O4/c1-10-5-7-15(8-6-10)11-3-4-13(16(18)19)12(9-11)14(17)20-2/h3-4,9-10H,5-8H2,1-2H3. The van der Waals surface area contributed by atoms with Gasteiger partial charge >= 0.3 is 5.97 Å². The maximum Gasteiger partial charge on any atom is 0.344 e. The molecule has 1 saturated heterocycles. The van der Waals surface area contributed by atoms with Gasteiger partial charge in [-0.2, -0.15) is 0 Å². The molecular formula is C14H18N2O4. The molecule has 20 heavy (non-hydrogen) atoms. The molecule has 1 fully saturated rings. The lowest BCUT2D eigenvalue weighted by molar-refractivity contribution is -0.385. The number of benzene rings is 1. The average molecular weight is 278 g/mol. The van der Waals surface area contributed by atoms with Crippen LogP contribution in [-0.4, -0.2) is 31.1 Å². The minimum Gasteiger partial charge on any atom is -0.465 e. The number of esters is 1. The van der Waals surface area contributed by atoms with Crippen LogP contribution in [0, 0.1) is 16.0 Å². The van der Waals surface area contributed by atoms with E-state index in [9.17, 15) is 14.9 Å². The molecule has 6 nitrogen and oxygen atoms in total. The molecule has 0 aliphatic carbocycles. The van der Waals surface area contributed by atoms with Gasteiger partial charge in [0.05, 0.1) is 12.0 Å². The van der Waals surface area contributed by atoms with E-state index in [1.54, 1.807) is 12.1 Å². The maximum absolute atomic E-state index is 11.7. The molecule has 1 heterocycles. The van der Waals surface area contributed by atoms with Gasteiger partial charge in [0.15, 0.2) is 0 Å². The number of hydrogen-bond acceptors (Lipinski definition) is 5. The minimum absolute atomic E-state index is 0.00798. The summed E-state index contributed by atoms with van der Waals surface area (Å²) in [6, 6.07) is 4.63. The molecule has 6 heteroatoms. The smallest absolute Gasteiger partial charge is 0.344 e. The van der Waals surface area contributed by atoms with Gasteiger partial charge < -0.3 is 9.64 Å². The van der Waals surface area contributed by atoms with E-state index in [4.69, 9.17) is 0 Å². The van der Waals surface area contributed by atoms with E-state index in [1.807, 2.05) is 0 Å². The maximum atomic E-state index is 11.7. The minimum atomic E-state index is -0.677. The van der Waals surface area contributed by atoms with Crippen LogP contribution in [0.25, 0.3) is 0 Å². The number of nitro benzene ring substituents is 1. The zero-order valence-electron chi connectivity index (χ0n) is 11.7. The second-order valence-corrected chi connectivity index (χ2v) is 5.12. The molecule has 0 aromatic heterocycles. The van der Waals surface area contributed by atoms with Crippen molar-refractivity contribution in [3.63, 3.8) is 0 Å². The molecule has 1 aromatic rings. The van der Waals surface area contributed by atoms with Crippen molar-refractivity contribution in [3.8, 4) is 0 Å². The Morgan fingerprint density at radius 1 is 1.40 bits per heavy atom. The van der Waals surface area contributed by atoms with Gasteiger partial charge in [0.2, 0.25) is 0 Å². The lowest BCUT2D eigenvalue weighted by Gasteiger charge is -2.32. The number of nitro groups is 1. The van der Waals surface area contributed by atoms with Crippen molar-refractivity contribution in [1.82, 2.24) is 0 Å². The highest BCUT2D eigenvalue weighted by Crippen LogP contribution is 2.28. The molecular weight excluding hydrogens is 260 g/mol. The van der Waals surface area contributed by atoms with Gasteiger partial charge in [-0.1, -0.05) is 6.92 Å². The Labute approximate surface area is 117 Å². The van der Waals surface area contributed by atoms with Crippen LogP contribution in [0.3, 0.4) is 0 Å². The summed E-state index contributed by atoms with van der Waals surface area (Å²) >= 11 is 0. The highest BCUT2D eigenvalue weighted by atomic mass is 16.6. The first kappa shape index (κ1) is 14.3. The van der Waals surface area contributed by atoms with Crippen molar-refractivity contribution in [2.24, 2.45) is 5.92 Å². The van der Waals surface area contributed by atoms with Gasteiger partial charge in [-0.3, -0.25) is 10.1 Å². The number of anilines is 1. The van der Waals surface area contributed by atoms with Crippen molar-refractivity contribution in [3.05, 3.63) is 33.9 Å². The number of methoxy groups -OCH3 is 1. The van der Waals surface area contributed by atoms with Crippen LogP contribution in [-0.2, 0) is 4.74 Å². The number of nitrogens with zero attached hydrogens (tertiary/aromatic N) is 2. The van der Waals surface area contributed by atoms with Crippen molar-refractivity contribution < 1.29 is 14.5 Å². The number of piperidine rings is 1. The fourth-order valence-corrected chi connectivity index (χ4v) is 2.42. The fraction of sp³-hybridized carbons (Fsp3) is 0.500. The second kappa shape index (κ2) is 5.90. The Morgan fingerprint density at radius 2 is 2.05 bits per heavy atom. The zero-order chi connectivity index (χ0) is 14.7. The highest BCUT2D eigenvalue weighted by Gasteiger charge is 2.24. The number of ether oxygens (including phenoxy) is 1. The predicted molar refractivity (Wildman–Crippen MR) is 75.0 cm³/mol. The van der Waals surface area contributed by atoms with Crippen molar-refractivity contribution in [2.45, 2.75) is 19.8 Å². The van der Waals surface area contributed by atoms with E-state index in [1.165, 1.54) is 13.2 Å². The molecule has 0 bridgehead atoms. The van der Waals surface area contributed by atoms with Gasteiger partial charge in [-0.15, -0.1) is 0 Å². The van der Waals surface area contributed by atoms with Crippen LogP contribution >= 0.6 is 0 Å². The first-order valence-electron chi connectivity index (χ1n) is 6.64. The Kier molecular flexibility index (Phi) is 4.22. The second-order valence-electron chi connectivity index (χ2n) is 5.12. The molecule has 2 rings (SSSR count). The third kappa shape index (κ3) is 2.89. The largest absolute Gasteiger partial charge is 0.465 e. The molecule has 1 aromatic carbocycles. The van der Waals surface area contributed by atoms with E-state index in [-0.39, 0.29) is 11.3 Å². The van der Waals surface area contributed by atoms with Crippen LogP contribution in [0.2, 0.25) is 0 Å². The Bertz CT molecular complexity index is 522. The van der Waals surface area contributed by atoms with Crippen molar-refractivity contribution >= 4 is 17.3 Å². The van der Waals surface area contributed by atoms with Gasteiger partial charge in [0.1, 0.15) is 5.56 Å². The molecule has 1 aliphatic rings. The van der Waals surface area contributed by atoms with Gasteiger partial charge in [-0.25, -0.2) is 4.79 Å². The first-order chi connectivity index (χ1) is 9.52. The molecule has 1 aliphatic heterocycles. The number of rotatable bonds is 3. The summed E-state index contributed by atoms with van der Waals surface area (Å²) in [6.45, 7) is 4.02. The summed E-state index contributed by atoms with van der Waals surface area (Å²) in [7, 11) is 1.22. The first-order valence-corrected chi connectivity index (χ1v) is 6.64. The number of hydrogen-bond donors (Lipinski definition) is 0. The summed E-state index contributed by atoms with van der Waals surface area (Å²) in [5, 5.41) is 11.0. The molecule has 0 saturated carbocycles. The molecule has 0 radical (unpaired) electrons. The Hall–Kier alpha value is -2.11. The Morgan fingerprint density at radius 3 is 2.60 bits per heavy atom. The number of carbonyl (C=O) groups is 1. The summed E-state index contributed by atoms with van der Waals surface area (Å²) in [5.74, 6) is 0.0216. The lowest BCUT2D eigenvalue weighted by Crippen LogP contribution is -2.32. The topological polar surface area (TPSA) is 72.7 Å². The highest BCUT2D eigenvalue weighted by molar-refractivity contribution is 5.95. The van der Waals surface area contributed by atoms with Gasteiger partial charge in [-0.05, 0) is 30.9 Å². The van der Waals surface area contributed by atoms with Crippen molar-refractivity contribution in [1.29, 1.82) is 0 Å². The quantitative estimate of drug-likeness (QED) is 0.483. The molecule has 0 N–H and O–H groups in total. The lowest BCUT2D eigenvalue weighted by atomic mass is 9.98. The summed E-state index contributed by atoms with van der Waals surface area (Å²) in [4.78, 5) is 24.2. The zero-order valence-corrected chi connectivity index (χ0v) is 11.7. The molecule has 0 atom stereocenters. The molecule has 0 amide bonds. The van der Waals surface area contributed by atoms with Crippen LogP contribution in [0.5, 0.6) is 0 Å². The summed E-state index contributed by atoms with van der Waals surface area (Å²) in [5.41, 5.74) is 0.627. The predicted octanol–water partition coefficient (Wildman–Crippen LogP) is 2.62. The normalized spacial score (nSPS) is 16.0. The fourth-order valence-electron chi connectivity index (χ4n) is 2.42. The van der Waals surface area contributed by atoms with E-state index >= 15 is 0 Å². The molecule has 0 unspecified atom stereocenters. The summed E-state index contributed by atoms with van der Waals surface area (Å²) in [6.07, 6.45) is 2.18. The Balaban J connectivity index is 2.32. The monoisotopic (exact) mass is 278 g/mol. The molecule has 0 spiro atoms.